The van der Waals surface area contributed by atoms with Crippen LogP contribution in [0.5, 0.6) is 5.75 Å². The number of benzene rings is 1. The van der Waals surface area contributed by atoms with Gasteiger partial charge in [0.2, 0.25) is 0 Å². The molecule has 0 saturated heterocycles. The number of thiophene rings is 1. The van der Waals surface area contributed by atoms with E-state index in [1.165, 1.54) is 28.0 Å². The normalized spacial score (nSPS) is 14.7. The van der Waals surface area contributed by atoms with Gasteiger partial charge in [-0.3, -0.25) is 9.59 Å². The third kappa shape index (κ3) is 2.99. The summed E-state index contributed by atoms with van der Waals surface area (Å²) in [6.07, 6.45) is 0. The average molecular weight is 359 g/mol. The molecule has 6 heteroatoms. The number of hydrogen-bond acceptors (Lipinski definition) is 5. The maximum absolute atomic E-state index is 12.9. The predicted octanol–water partition coefficient (Wildman–Crippen LogP) is 4.18. The molecule has 0 saturated carbocycles. The molecule has 1 aliphatic heterocycles. The molecule has 1 aliphatic rings. The molecule has 2 aromatic rings. The maximum atomic E-state index is 12.9. The molecule has 3 rings (SSSR count). The smallest absolute Gasteiger partial charge is 0.272 e. The molecule has 124 valence electrons. The van der Waals surface area contributed by atoms with Crippen LogP contribution in [0.25, 0.3) is 5.57 Å². The van der Waals surface area contributed by atoms with E-state index < -0.39 is 0 Å². The first-order valence-electron chi connectivity index (χ1n) is 7.70. The first kappa shape index (κ1) is 16.8. The van der Waals surface area contributed by atoms with Crippen LogP contribution in [0.3, 0.4) is 0 Å². The van der Waals surface area contributed by atoms with E-state index in [-0.39, 0.29) is 11.8 Å². The van der Waals surface area contributed by atoms with Crippen LogP contribution in [0.2, 0.25) is 0 Å². The lowest BCUT2D eigenvalue weighted by molar-refractivity contribution is -0.119. The Morgan fingerprint density at radius 3 is 2.42 bits per heavy atom. The van der Waals surface area contributed by atoms with Crippen molar-refractivity contribution in [2.45, 2.75) is 13.8 Å². The fourth-order valence-electron chi connectivity index (χ4n) is 2.52. The van der Waals surface area contributed by atoms with Gasteiger partial charge in [0.05, 0.1) is 22.8 Å². The zero-order valence-electron chi connectivity index (χ0n) is 13.4. The van der Waals surface area contributed by atoms with Crippen molar-refractivity contribution in [2.75, 3.05) is 17.3 Å². The topological polar surface area (TPSA) is 46.6 Å². The van der Waals surface area contributed by atoms with E-state index in [2.05, 4.69) is 0 Å². The van der Waals surface area contributed by atoms with Crippen molar-refractivity contribution in [3.05, 3.63) is 51.6 Å². The van der Waals surface area contributed by atoms with Crippen molar-refractivity contribution < 1.29 is 14.3 Å². The summed E-state index contributed by atoms with van der Waals surface area (Å²) in [5, 5.41) is 1.91. The van der Waals surface area contributed by atoms with E-state index in [1.807, 2.05) is 31.4 Å². The van der Waals surface area contributed by atoms with Crippen molar-refractivity contribution in [2.24, 2.45) is 0 Å². The summed E-state index contributed by atoms with van der Waals surface area (Å²) in [7, 11) is 0. The molecule has 1 aromatic heterocycles. The molecule has 0 unspecified atom stereocenters. The summed E-state index contributed by atoms with van der Waals surface area (Å²) in [5.74, 6) is 0.942. The van der Waals surface area contributed by atoms with E-state index in [0.29, 0.717) is 22.8 Å². The number of ether oxygens (including phenoxy) is 1. The molecule has 2 amide bonds. The molecule has 0 fully saturated rings. The summed E-state index contributed by atoms with van der Waals surface area (Å²) in [6.45, 7) is 4.45. The Labute approximate surface area is 149 Å². The Bertz CT molecular complexity index is 779. The molecule has 0 radical (unpaired) electrons. The number of carbonyl (C=O) groups excluding carboxylic acids is 2. The molecule has 0 atom stereocenters. The fraction of sp³-hybridized carbons (Fsp3) is 0.222. The van der Waals surface area contributed by atoms with Crippen molar-refractivity contribution in [3.8, 4) is 5.75 Å². The average Bonchev–Trinajstić information content (AvgIpc) is 3.17. The quantitative estimate of drug-likeness (QED) is 0.726. The molecule has 1 aromatic carbocycles. The van der Waals surface area contributed by atoms with Crippen LogP contribution in [-0.2, 0) is 9.59 Å². The minimum atomic E-state index is -0.262. The highest BCUT2D eigenvalue weighted by molar-refractivity contribution is 8.04. The molecule has 24 heavy (non-hydrogen) atoms. The van der Waals surface area contributed by atoms with Gasteiger partial charge in [-0.05, 0) is 48.4 Å². The SMILES string of the molecule is CCOc1ccc(N2C(=O)C(SCC)=C(c3cccs3)C2=O)cc1. The molecule has 0 N–H and O–H groups in total. The number of nitrogens with zero attached hydrogens (tertiary/aromatic N) is 1. The zero-order chi connectivity index (χ0) is 17.1. The Morgan fingerprint density at radius 1 is 1.08 bits per heavy atom. The third-order valence-corrected chi connectivity index (χ3v) is 5.35. The van der Waals surface area contributed by atoms with Crippen molar-refractivity contribution in [1.82, 2.24) is 0 Å². The molecular weight excluding hydrogens is 342 g/mol. The second-order valence-corrected chi connectivity index (χ2v) is 7.21. The van der Waals surface area contributed by atoms with Crippen LogP contribution >= 0.6 is 23.1 Å². The van der Waals surface area contributed by atoms with E-state index in [4.69, 9.17) is 4.74 Å². The Kier molecular flexibility index (Phi) is 5.06. The minimum Gasteiger partial charge on any atom is -0.494 e. The number of hydrogen-bond donors (Lipinski definition) is 0. The summed E-state index contributed by atoms with van der Waals surface area (Å²) < 4.78 is 5.42. The number of thioether (sulfide) groups is 1. The first-order chi connectivity index (χ1) is 11.7. The van der Waals surface area contributed by atoms with Crippen LogP contribution in [0.1, 0.15) is 18.7 Å². The van der Waals surface area contributed by atoms with E-state index in [9.17, 15) is 9.59 Å². The van der Waals surface area contributed by atoms with Crippen LogP contribution in [0, 0.1) is 0 Å². The van der Waals surface area contributed by atoms with Crippen LogP contribution in [0.15, 0.2) is 46.7 Å². The van der Waals surface area contributed by atoms with Gasteiger partial charge in [-0.25, -0.2) is 4.90 Å². The summed E-state index contributed by atoms with van der Waals surface area (Å²) in [4.78, 5) is 28.4. The predicted molar refractivity (Wildman–Crippen MR) is 99.5 cm³/mol. The van der Waals surface area contributed by atoms with Gasteiger partial charge in [0, 0.05) is 4.88 Å². The lowest BCUT2D eigenvalue weighted by Gasteiger charge is -2.15. The van der Waals surface area contributed by atoms with Gasteiger partial charge in [0.1, 0.15) is 5.75 Å². The zero-order valence-corrected chi connectivity index (χ0v) is 15.1. The molecule has 2 heterocycles. The largest absolute Gasteiger partial charge is 0.494 e. The second-order valence-electron chi connectivity index (χ2n) is 4.99. The number of carbonyl (C=O) groups is 2. The molecule has 0 spiro atoms. The standard InChI is InChI=1S/C18H17NO3S2/c1-3-22-13-9-7-12(8-10-13)19-17(20)15(14-6-5-11-24-14)16(18(19)21)23-4-2/h5-11H,3-4H2,1-2H3. The van der Waals surface area contributed by atoms with Gasteiger partial charge in [0.15, 0.2) is 0 Å². The van der Waals surface area contributed by atoms with Gasteiger partial charge in [-0.15, -0.1) is 23.1 Å². The number of amides is 2. The fourth-order valence-corrected chi connectivity index (χ4v) is 4.20. The second kappa shape index (κ2) is 7.23. The maximum Gasteiger partial charge on any atom is 0.272 e. The van der Waals surface area contributed by atoms with Crippen molar-refractivity contribution >= 4 is 46.2 Å². The highest BCUT2D eigenvalue weighted by atomic mass is 32.2. The highest BCUT2D eigenvalue weighted by Gasteiger charge is 2.40. The number of anilines is 1. The summed E-state index contributed by atoms with van der Waals surface area (Å²) in [6, 6.07) is 10.8. The Morgan fingerprint density at radius 2 is 1.83 bits per heavy atom. The van der Waals surface area contributed by atoms with Crippen LogP contribution < -0.4 is 9.64 Å². The molecule has 0 bridgehead atoms. The number of rotatable bonds is 6. The number of imide groups is 1. The minimum absolute atomic E-state index is 0.251. The van der Waals surface area contributed by atoms with E-state index >= 15 is 0 Å². The lowest BCUT2D eigenvalue weighted by Crippen LogP contribution is -2.31. The third-order valence-electron chi connectivity index (χ3n) is 3.50. The van der Waals surface area contributed by atoms with Gasteiger partial charge in [-0.2, -0.15) is 0 Å². The summed E-state index contributed by atoms with van der Waals surface area (Å²) in [5.41, 5.74) is 1.07. The van der Waals surface area contributed by atoms with Gasteiger partial charge in [-0.1, -0.05) is 13.0 Å². The van der Waals surface area contributed by atoms with Crippen molar-refractivity contribution in [1.29, 1.82) is 0 Å². The van der Waals surface area contributed by atoms with Crippen LogP contribution in [0.4, 0.5) is 5.69 Å². The summed E-state index contributed by atoms with van der Waals surface area (Å²) >= 11 is 2.89. The van der Waals surface area contributed by atoms with E-state index in [1.54, 1.807) is 24.3 Å². The highest BCUT2D eigenvalue weighted by Crippen LogP contribution is 2.39. The van der Waals surface area contributed by atoms with Gasteiger partial charge in [0.25, 0.3) is 11.8 Å². The van der Waals surface area contributed by atoms with E-state index in [0.717, 1.165) is 16.4 Å². The Hall–Kier alpha value is -2.05. The van der Waals surface area contributed by atoms with Crippen LogP contribution in [-0.4, -0.2) is 24.2 Å². The monoisotopic (exact) mass is 359 g/mol. The van der Waals surface area contributed by atoms with Gasteiger partial charge < -0.3 is 4.74 Å². The molecule has 0 aliphatic carbocycles. The van der Waals surface area contributed by atoms with Gasteiger partial charge >= 0.3 is 0 Å². The molecular formula is C18H17NO3S2. The Balaban J connectivity index is 1.97. The first-order valence-corrected chi connectivity index (χ1v) is 9.56. The van der Waals surface area contributed by atoms with Crippen molar-refractivity contribution in [3.63, 3.8) is 0 Å². The molecule has 4 nitrogen and oxygen atoms in total. The lowest BCUT2D eigenvalue weighted by atomic mass is 10.2.